The molecule has 3 heterocycles. The number of ketones is 2. The summed E-state index contributed by atoms with van der Waals surface area (Å²) in [6, 6.07) is 11.2. The Kier molecular flexibility index (Phi) is 6.09. The number of fused-ring (bicyclic) bond motifs is 1. The fraction of sp³-hybridized carbons (Fsp3) is 0.200. The van der Waals surface area contributed by atoms with Gasteiger partial charge in [-0.05, 0) is 65.4 Å². The van der Waals surface area contributed by atoms with Gasteiger partial charge in [0.1, 0.15) is 19.0 Å². The van der Waals surface area contributed by atoms with E-state index in [9.17, 15) is 19.5 Å². The summed E-state index contributed by atoms with van der Waals surface area (Å²) in [7, 11) is 0. The highest BCUT2D eigenvalue weighted by Crippen LogP contribution is 2.44. The maximum atomic E-state index is 13.3. The van der Waals surface area contributed by atoms with Crippen LogP contribution in [0, 0.1) is 10.5 Å². The highest BCUT2D eigenvalue weighted by molar-refractivity contribution is 14.1. The maximum absolute atomic E-state index is 13.3. The molecule has 0 spiro atoms. The van der Waals surface area contributed by atoms with Gasteiger partial charge in [0.05, 0.1) is 22.2 Å². The van der Waals surface area contributed by atoms with Gasteiger partial charge in [-0.3, -0.25) is 19.3 Å². The van der Waals surface area contributed by atoms with Gasteiger partial charge in [-0.15, -0.1) is 0 Å². The summed E-state index contributed by atoms with van der Waals surface area (Å²) in [4.78, 5) is 44.7. The monoisotopic (exact) mass is 602 g/mol. The van der Waals surface area contributed by atoms with Crippen LogP contribution in [0.5, 0.6) is 11.5 Å². The van der Waals surface area contributed by atoms with E-state index in [0.717, 1.165) is 14.9 Å². The smallest absolute Gasteiger partial charge is 0.301 e. The number of aryl methyl sites for hydroxylation is 1. The molecule has 1 aromatic heterocycles. The van der Waals surface area contributed by atoms with Gasteiger partial charge in [0.15, 0.2) is 22.4 Å². The summed E-state index contributed by atoms with van der Waals surface area (Å²) in [5.41, 5.74) is 1.36. The first-order valence-electron chi connectivity index (χ1n) is 10.7. The number of aromatic nitrogens is 1. The third-order valence-electron chi connectivity index (χ3n) is 5.76. The lowest BCUT2D eigenvalue weighted by Crippen LogP contribution is -2.29. The van der Waals surface area contributed by atoms with Gasteiger partial charge in [-0.2, -0.15) is 0 Å². The minimum Gasteiger partial charge on any atom is -0.507 e. The first-order valence-corrected chi connectivity index (χ1v) is 12.6. The Hall–Kier alpha value is -3.25. The van der Waals surface area contributed by atoms with E-state index < -0.39 is 17.7 Å². The predicted molar refractivity (Wildman–Crippen MR) is 138 cm³/mol. The van der Waals surface area contributed by atoms with Crippen LogP contribution in [0.2, 0.25) is 0 Å². The van der Waals surface area contributed by atoms with Crippen molar-refractivity contribution >= 4 is 62.3 Å². The molecule has 5 rings (SSSR count). The molecular weight excluding hydrogens is 583 g/mol. The number of aliphatic hydroxyl groups is 1. The number of thiazole rings is 1. The number of aliphatic hydroxyl groups excluding tert-OH is 1. The number of benzene rings is 2. The van der Waals surface area contributed by atoms with Crippen LogP contribution in [0.1, 0.15) is 39.5 Å². The number of carbonyl (C=O) groups excluding carboxylic acids is 3. The van der Waals surface area contributed by atoms with Crippen molar-refractivity contribution in [3.63, 3.8) is 0 Å². The van der Waals surface area contributed by atoms with Gasteiger partial charge in [-0.1, -0.05) is 23.5 Å². The van der Waals surface area contributed by atoms with Gasteiger partial charge >= 0.3 is 5.91 Å². The van der Waals surface area contributed by atoms with Crippen LogP contribution in [0.25, 0.3) is 5.76 Å². The summed E-state index contributed by atoms with van der Waals surface area (Å²) in [5, 5.41) is 11.5. The van der Waals surface area contributed by atoms with Crippen LogP contribution >= 0.6 is 33.9 Å². The van der Waals surface area contributed by atoms with Crippen molar-refractivity contribution in [1.29, 1.82) is 0 Å². The van der Waals surface area contributed by atoms with E-state index in [4.69, 9.17) is 9.47 Å². The minimum absolute atomic E-state index is 0.0647. The number of hydrogen-bond acceptors (Lipinski definition) is 8. The number of anilines is 1. The van der Waals surface area contributed by atoms with Crippen molar-refractivity contribution in [1.82, 2.24) is 4.98 Å². The zero-order chi connectivity index (χ0) is 24.9. The Morgan fingerprint density at radius 3 is 2.46 bits per heavy atom. The Labute approximate surface area is 218 Å². The largest absolute Gasteiger partial charge is 0.507 e. The standard InChI is InChI=1S/C25H19IN2O6S/c1-12-23(13(2)29)35-25(27-12)28-20(14-3-6-16(26)7-4-14)19(22(31)24(28)32)21(30)15-5-8-17-18(11-15)34-10-9-33-17/h3-8,11,20,30H,9-10H2,1-2H3/b21-19+. The molecule has 3 aromatic rings. The Bertz CT molecular complexity index is 1410. The van der Waals surface area contributed by atoms with Gasteiger partial charge < -0.3 is 14.6 Å². The molecule has 8 nitrogen and oxygen atoms in total. The molecular formula is C25H19IN2O6S. The van der Waals surface area contributed by atoms with Crippen LogP contribution in [-0.2, 0) is 9.59 Å². The molecule has 1 fully saturated rings. The molecule has 10 heteroatoms. The summed E-state index contributed by atoms with van der Waals surface area (Å²) < 4.78 is 12.1. The van der Waals surface area contributed by atoms with Crippen LogP contribution in [0.4, 0.5) is 5.13 Å². The van der Waals surface area contributed by atoms with Gasteiger partial charge in [0.2, 0.25) is 0 Å². The third kappa shape index (κ3) is 4.10. The Morgan fingerprint density at radius 1 is 1.11 bits per heavy atom. The van der Waals surface area contributed by atoms with Crippen molar-refractivity contribution in [2.24, 2.45) is 0 Å². The fourth-order valence-electron chi connectivity index (χ4n) is 4.15. The van der Waals surface area contributed by atoms with E-state index in [-0.39, 0.29) is 22.2 Å². The molecule has 0 saturated carbocycles. The van der Waals surface area contributed by atoms with Crippen LogP contribution in [-0.4, -0.2) is 40.8 Å². The first-order chi connectivity index (χ1) is 16.8. The van der Waals surface area contributed by atoms with Crippen molar-refractivity contribution < 1.29 is 29.0 Å². The second kappa shape index (κ2) is 9.08. The Balaban J connectivity index is 1.69. The SMILES string of the molecule is CC(=O)c1sc(N2C(=O)C(=O)/C(=C(/O)c3ccc4c(c3)OCCO4)C2c2ccc(I)cc2)nc1C. The molecule has 178 valence electrons. The number of halogens is 1. The normalized spacial score (nSPS) is 18.7. The van der Waals surface area contributed by atoms with E-state index in [2.05, 4.69) is 27.6 Å². The van der Waals surface area contributed by atoms with E-state index in [1.54, 1.807) is 37.3 Å². The topological polar surface area (TPSA) is 106 Å². The van der Waals surface area contributed by atoms with Crippen molar-refractivity contribution in [2.45, 2.75) is 19.9 Å². The molecule has 2 aliphatic rings. The first kappa shape index (κ1) is 23.5. The molecule has 1 N–H and O–H groups in total. The zero-order valence-corrected chi connectivity index (χ0v) is 21.7. The van der Waals surface area contributed by atoms with Crippen molar-refractivity contribution in [3.05, 3.63) is 73.3 Å². The zero-order valence-electron chi connectivity index (χ0n) is 18.7. The number of ether oxygens (including phenoxy) is 2. The molecule has 35 heavy (non-hydrogen) atoms. The molecule has 1 atom stereocenters. The summed E-state index contributed by atoms with van der Waals surface area (Å²) in [6.45, 7) is 3.90. The highest BCUT2D eigenvalue weighted by Gasteiger charge is 2.48. The Morgan fingerprint density at radius 2 is 1.80 bits per heavy atom. The van der Waals surface area contributed by atoms with Crippen molar-refractivity contribution in [2.75, 3.05) is 18.1 Å². The summed E-state index contributed by atoms with van der Waals surface area (Å²) in [6.07, 6.45) is 0. The van der Waals surface area contributed by atoms with Gasteiger partial charge in [0.25, 0.3) is 5.78 Å². The number of carbonyl (C=O) groups is 3. The fourth-order valence-corrected chi connectivity index (χ4v) is 5.50. The molecule has 2 aromatic carbocycles. The van der Waals surface area contributed by atoms with Crippen LogP contribution < -0.4 is 14.4 Å². The van der Waals surface area contributed by atoms with E-state index >= 15 is 0 Å². The van der Waals surface area contributed by atoms with E-state index in [0.29, 0.717) is 46.4 Å². The van der Waals surface area contributed by atoms with E-state index in [1.165, 1.54) is 11.8 Å². The average molecular weight is 602 g/mol. The maximum Gasteiger partial charge on any atom is 0.301 e. The molecule has 2 aliphatic heterocycles. The lowest BCUT2D eigenvalue weighted by Gasteiger charge is -2.23. The molecule has 1 unspecified atom stereocenters. The summed E-state index contributed by atoms with van der Waals surface area (Å²) in [5.74, 6) is -1.18. The quantitative estimate of drug-likeness (QED) is 0.152. The number of hydrogen-bond donors (Lipinski definition) is 1. The predicted octanol–water partition coefficient (Wildman–Crippen LogP) is 4.66. The molecule has 0 aliphatic carbocycles. The summed E-state index contributed by atoms with van der Waals surface area (Å²) >= 11 is 3.22. The minimum atomic E-state index is -0.925. The molecule has 0 radical (unpaired) electrons. The number of nitrogens with zero attached hydrogens (tertiary/aromatic N) is 2. The second-order valence-corrected chi connectivity index (χ2v) is 10.3. The number of Topliss-reactive ketones (excluding diaryl/α,β-unsaturated/α-hetero) is 2. The van der Waals surface area contributed by atoms with Crippen molar-refractivity contribution in [3.8, 4) is 11.5 Å². The lowest BCUT2D eigenvalue weighted by molar-refractivity contribution is -0.132. The highest BCUT2D eigenvalue weighted by atomic mass is 127. The van der Waals surface area contributed by atoms with Crippen LogP contribution in [0.3, 0.4) is 0 Å². The van der Waals surface area contributed by atoms with E-state index in [1.807, 2.05) is 12.1 Å². The molecule has 1 amide bonds. The lowest BCUT2D eigenvalue weighted by atomic mass is 9.95. The third-order valence-corrected chi connectivity index (χ3v) is 7.73. The number of rotatable bonds is 4. The van der Waals surface area contributed by atoms with Crippen LogP contribution in [0.15, 0.2) is 48.0 Å². The van der Waals surface area contributed by atoms with Gasteiger partial charge in [0, 0.05) is 16.1 Å². The van der Waals surface area contributed by atoms with Gasteiger partial charge in [-0.25, -0.2) is 4.98 Å². The molecule has 1 saturated heterocycles. The molecule has 0 bridgehead atoms. The number of amides is 1. The second-order valence-electron chi connectivity index (χ2n) is 8.05. The average Bonchev–Trinajstić information content (AvgIpc) is 3.36.